The van der Waals surface area contributed by atoms with Gasteiger partial charge in [0.05, 0.1) is 0 Å². The average Bonchev–Trinajstić information content (AvgIpc) is 2.86. The fourth-order valence-corrected chi connectivity index (χ4v) is 4.42. The molecular weight excluding hydrogens is 444 g/mol. The number of pyridine rings is 1. The Kier molecular flexibility index (Phi) is 5.31. The molecule has 5 rings (SSSR count). The highest BCUT2D eigenvalue weighted by molar-refractivity contribution is 5.96. The van der Waals surface area contributed by atoms with Crippen LogP contribution in [-0.2, 0) is 0 Å². The van der Waals surface area contributed by atoms with Crippen molar-refractivity contribution in [3.05, 3.63) is 106 Å². The molecule has 3 aromatic rings. The predicted octanol–water partition coefficient (Wildman–Crippen LogP) is 3.31. The van der Waals surface area contributed by atoms with Crippen LogP contribution in [0, 0.1) is 11.6 Å². The van der Waals surface area contributed by atoms with Crippen molar-refractivity contribution in [2.24, 2.45) is 0 Å². The monoisotopic (exact) mass is 465 g/mol. The molecule has 1 aromatic heterocycles. The van der Waals surface area contributed by atoms with Crippen LogP contribution in [0.25, 0.3) is 0 Å². The molecule has 7 nitrogen and oxygen atoms in total. The standard InChI is InChI=1S/C25H21F2N3O4/c1-15-6-5-13-34-24-17(9-10-18(26)20(24)27)21(16-7-3-2-4-8-16)30-14-28(15)25(33)22-23(32)19(31)11-12-29(22)30/h2-12,15,21,32H,13-14H2,1H3/b6-5-/t15-,21+/m1/s1. The third-order valence-electron chi connectivity index (χ3n) is 6.11. The maximum Gasteiger partial charge on any atom is 0.278 e. The minimum Gasteiger partial charge on any atom is -0.502 e. The minimum absolute atomic E-state index is 0.0393. The zero-order valence-electron chi connectivity index (χ0n) is 18.2. The molecular formula is C25H21F2N3O4. The van der Waals surface area contributed by atoms with Crippen molar-refractivity contribution >= 4 is 5.91 Å². The van der Waals surface area contributed by atoms with Crippen molar-refractivity contribution in [2.75, 3.05) is 18.3 Å². The number of carbonyl (C=O) groups is 1. The number of fused-ring (bicyclic) bond motifs is 5. The summed E-state index contributed by atoms with van der Waals surface area (Å²) in [6.45, 7) is 1.78. The summed E-state index contributed by atoms with van der Waals surface area (Å²) in [6, 6.07) is 11.5. The number of hydrogen-bond donors (Lipinski definition) is 1. The molecule has 34 heavy (non-hydrogen) atoms. The van der Waals surface area contributed by atoms with Crippen molar-refractivity contribution in [1.29, 1.82) is 0 Å². The van der Waals surface area contributed by atoms with E-state index >= 15 is 0 Å². The van der Waals surface area contributed by atoms with Crippen LogP contribution >= 0.6 is 0 Å². The smallest absolute Gasteiger partial charge is 0.278 e. The van der Waals surface area contributed by atoms with Crippen molar-refractivity contribution < 1.29 is 23.4 Å². The van der Waals surface area contributed by atoms with Gasteiger partial charge in [0.25, 0.3) is 5.91 Å². The Morgan fingerprint density at radius 2 is 1.82 bits per heavy atom. The van der Waals surface area contributed by atoms with Gasteiger partial charge in [-0.3, -0.25) is 19.3 Å². The number of hydrogen-bond acceptors (Lipinski definition) is 5. The molecule has 3 heterocycles. The predicted molar refractivity (Wildman–Crippen MR) is 120 cm³/mol. The lowest BCUT2D eigenvalue weighted by atomic mass is 9.96. The third kappa shape index (κ3) is 3.40. The fraction of sp³-hybridized carbons (Fsp3) is 0.200. The number of aromatic hydroxyl groups is 1. The Hall–Kier alpha value is -4.14. The first-order chi connectivity index (χ1) is 16.4. The first kappa shape index (κ1) is 21.7. The Labute approximate surface area is 193 Å². The normalized spacial score (nSPS) is 20.6. The second-order valence-electron chi connectivity index (χ2n) is 8.15. The largest absolute Gasteiger partial charge is 0.502 e. The Morgan fingerprint density at radius 3 is 2.59 bits per heavy atom. The summed E-state index contributed by atoms with van der Waals surface area (Å²) in [5.41, 5.74) is 0.134. The summed E-state index contributed by atoms with van der Waals surface area (Å²) < 4.78 is 36.3. The van der Waals surface area contributed by atoms with Crippen LogP contribution in [0.4, 0.5) is 8.78 Å². The van der Waals surface area contributed by atoms with Gasteiger partial charge < -0.3 is 14.7 Å². The maximum absolute atomic E-state index is 15.0. The number of benzene rings is 2. The number of rotatable bonds is 1. The van der Waals surface area contributed by atoms with Gasteiger partial charge in [-0.15, -0.1) is 0 Å². The molecule has 174 valence electrons. The molecule has 2 aliphatic heterocycles. The molecule has 2 aromatic carbocycles. The van der Waals surface area contributed by atoms with Crippen LogP contribution in [0.3, 0.4) is 0 Å². The lowest BCUT2D eigenvalue weighted by Gasteiger charge is -2.45. The van der Waals surface area contributed by atoms with E-state index in [-0.39, 0.29) is 24.7 Å². The van der Waals surface area contributed by atoms with E-state index in [1.165, 1.54) is 21.8 Å². The molecule has 0 aliphatic carbocycles. The van der Waals surface area contributed by atoms with Gasteiger partial charge in [-0.1, -0.05) is 36.4 Å². The van der Waals surface area contributed by atoms with E-state index in [2.05, 4.69) is 0 Å². The quantitative estimate of drug-likeness (QED) is 0.559. The Bertz CT molecular complexity index is 1360. The summed E-state index contributed by atoms with van der Waals surface area (Å²) in [5, 5.41) is 12.3. The van der Waals surface area contributed by atoms with Crippen molar-refractivity contribution in [2.45, 2.75) is 19.0 Å². The van der Waals surface area contributed by atoms with E-state index in [1.54, 1.807) is 24.1 Å². The van der Waals surface area contributed by atoms with E-state index in [1.807, 2.05) is 30.3 Å². The van der Waals surface area contributed by atoms with Gasteiger partial charge in [0.1, 0.15) is 19.3 Å². The third-order valence-corrected chi connectivity index (χ3v) is 6.11. The lowest BCUT2D eigenvalue weighted by Crippen LogP contribution is -2.57. The summed E-state index contributed by atoms with van der Waals surface area (Å²) in [6.07, 6.45) is 4.71. The zero-order valence-corrected chi connectivity index (χ0v) is 18.2. The van der Waals surface area contributed by atoms with Crippen molar-refractivity contribution in [3.63, 3.8) is 0 Å². The molecule has 2 aliphatic rings. The molecule has 0 saturated heterocycles. The first-order valence-electron chi connectivity index (χ1n) is 10.7. The van der Waals surface area contributed by atoms with Gasteiger partial charge in [0, 0.05) is 23.9 Å². The number of halogens is 2. The molecule has 9 heteroatoms. The summed E-state index contributed by atoms with van der Waals surface area (Å²) in [5.74, 6) is -3.62. The molecule has 1 N–H and O–H groups in total. The number of carbonyl (C=O) groups excluding carboxylic acids is 1. The highest BCUT2D eigenvalue weighted by Gasteiger charge is 2.39. The van der Waals surface area contributed by atoms with E-state index in [4.69, 9.17) is 4.74 Å². The number of ether oxygens (including phenoxy) is 1. The van der Waals surface area contributed by atoms with Crippen LogP contribution in [-0.4, -0.2) is 39.9 Å². The van der Waals surface area contributed by atoms with Crippen molar-refractivity contribution in [3.8, 4) is 11.5 Å². The summed E-state index contributed by atoms with van der Waals surface area (Å²) >= 11 is 0. The molecule has 0 saturated carbocycles. The Balaban J connectivity index is 1.84. The molecule has 0 radical (unpaired) electrons. The van der Waals surface area contributed by atoms with E-state index in [0.29, 0.717) is 11.1 Å². The molecule has 2 atom stereocenters. The highest BCUT2D eigenvalue weighted by atomic mass is 19.2. The molecule has 0 spiro atoms. The summed E-state index contributed by atoms with van der Waals surface area (Å²) in [4.78, 5) is 27.1. The lowest BCUT2D eigenvalue weighted by molar-refractivity contribution is 0.0643. The van der Waals surface area contributed by atoms with Gasteiger partial charge in [0.15, 0.2) is 23.0 Å². The van der Waals surface area contributed by atoms with Gasteiger partial charge in [0.2, 0.25) is 11.2 Å². The van der Waals surface area contributed by atoms with Crippen LogP contribution in [0.1, 0.15) is 34.6 Å². The van der Waals surface area contributed by atoms with Gasteiger partial charge in [-0.05, 0) is 30.7 Å². The van der Waals surface area contributed by atoms with Crippen molar-refractivity contribution in [1.82, 2.24) is 9.58 Å². The van der Waals surface area contributed by atoms with E-state index in [0.717, 1.165) is 12.1 Å². The molecule has 0 unspecified atom stereocenters. The van der Waals surface area contributed by atoms with Crippen LogP contribution < -0.4 is 15.2 Å². The second-order valence-corrected chi connectivity index (χ2v) is 8.15. The minimum atomic E-state index is -1.12. The van der Waals surface area contributed by atoms with E-state index in [9.17, 15) is 23.5 Å². The van der Waals surface area contributed by atoms with Gasteiger partial charge in [-0.25, -0.2) is 4.39 Å². The Morgan fingerprint density at radius 1 is 1.06 bits per heavy atom. The fourth-order valence-electron chi connectivity index (χ4n) is 4.42. The molecule has 0 fully saturated rings. The number of nitrogens with zero attached hydrogens (tertiary/aromatic N) is 3. The molecule has 2 bridgehead atoms. The van der Waals surface area contributed by atoms with Gasteiger partial charge in [-0.2, -0.15) is 4.39 Å². The highest BCUT2D eigenvalue weighted by Crippen LogP contribution is 2.39. The molecule has 1 amide bonds. The second kappa shape index (κ2) is 8.33. The van der Waals surface area contributed by atoms with E-state index < -0.39 is 40.8 Å². The zero-order chi connectivity index (χ0) is 24.0. The SMILES string of the molecule is C[C@@H]1/C=C\COc2c(ccc(F)c2F)[C@H](c2ccccc2)N2CN1C(=O)c1c(O)c(=O)ccn12. The van der Waals surface area contributed by atoms with Crippen LogP contribution in [0.15, 0.2) is 71.7 Å². The van der Waals surface area contributed by atoms with Crippen LogP contribution in [0.2, 0.25) is 0 Å². The topological polar surface area (TPSA) is 75.0 Å². The van der Waals surface area contributed by atoms with Crippen LogP contribution in [0.5, 0.6) is 11.5 Å². The maximum atomic E-state index is 15.0. The number of amides is 1. The van der Waals surface area contributed by atoms with Gasteiger partial charge >= 0.3 is 0 Å². The average molecular weight is 465 g/mol. The summed E-state index contributed by atoms with van der Waals surface area (Å²) in [7, 11) is 0. The number of aromatic nitrogens is 1. The first-order valence-corrected chi connectivity index (χ1v) is 10.7.